The molecule has 2 rings (SSSR count). The Kier molecular flexibility index (Phi) is 5.03. The van der Waals surface area contributed by atoms with Crippen LogP contribution in [0.4, 0.5) is 0 Å². The molecule has 0 spiro atoms. The maximum atomic E-state index is 12.2. The highest BCUT2D eigenvalue weighted by Gasteiger charge is 2.30. The zero-order valence-electron chi connectivity index (χ0n) is 12.3. The highest BCUT2D eigenvalue weighted by atomic mass is 16.5. The zero-order valence-corrected chi connectivity index (χ0v) is 12.3. The number of methoxy groups -OCH3 is 2. The van der Waals surface area contributed by atoms with E-state index in [1.165, 1.54) is 7.11 Å². The number of aliphatic hydroxyl groups is 1. The van der Waals surface area contributed by atoms with E-state index in [1.54, 1.807) is 25.3 Å². The summed E-state index contributed by atoms with van der Waals surface area (Å²) in [4.78, 5) is 12.2. The monoisotopic (exact) mass is 295 g/mol. The zero-order chi connectivity index (χ0) is 15.3. The van der Waals surface area contributed by atoms with Crippen molar-refractivity contribution in [3.8, 4) is 11.5 Å². The molecule has 1 amide bonds. The van der Waals surface area contributed by atoms with Crippen molar-refractivity contribution < 1.29 is 24.1 Å². The second kappa shape index (κ2) is 6.78. The largest absolute Gasteiger partial charge is 0.497 e. The van der Waals surface area contributed by atoms with E-state index < -0.39 is 5.60 Å². The number of rotatable bonds is 5. The van der Waals surface area contributed by atoms with Crippen molar-refractivity contribution in [3.63, 3.8) is 0 Å². The smallest absolute Gasteiger partial charge is 0.255 e. The van der Waals surface area contributed by atoms with E-state index in [2.05, 4.69) is 5.32 Å². The summed E-state index contributed by atoms with van der Waals surface area (Å²) in [6.45, 7) is 1.22. The molecule has 6 nitrogen and oxygen atoms in total. The van der Waals surface area contributed by atoms with Crippen LogP contribution in [0.2, 0.25) is 0 Å². The molecule has 0 atom stereocenters. The first kappa shape index (κ1) is 15.6. The first-order valence-electron chi connectivity index (χ1n) is 6.88. The molecule has 0 aliphatic carbocycles. The maximum Gasteiger partial charge on any atom is 0.255 e. The lowest BCUT2D eigenvalue weighted by molar-refractivity contribution is -0.0605. The lowest BCUT2D eigenvalue weighted by atomic mass is 9.94. The summed E-state index contributed by atoms with van der Waals surface area (Å²) >= 11 is 0. The van der Waals surface area contributed by atoms with Crippen LogP contribution in [-0.2, 0) is 4.74 Å². The highest BCUT2D eigenvalue weighted by Crippen LogP contribution is 2.25. The number of carbonyl (C=O) groups is 1. The quantitative estimate of drug-likeness (QED) is 0.846. The molecule has 1 fully saturated rings. The Balaban J connectivity index is 2.03. The predicted molar refractivity (Wildman–Crippen MR) is 76.9 cm³/mol. The van der Waals surface area contributed by atoms with Crippen molar-refractivity contribution in [1.29, 1.82) is 0 Å². The van der Waals surface area contributed by atoms with E-state index in [0.717, 1.165) is 0 Å². The Morgan fingerprint density at radius 2 is 2.05 bits per heavy atom. The number of hydrogen-bond donors (Lipinski definition) is 2. The van der Waals surface area contributed by atoms with Gasteiger partial charge in [-0.3, -0.25) is 4.79 Å². The van der Waals surface area contributed by atoms with E-state index in [9.17, 15) is 9.90 Å². The average Bonchev–Trinajstić information content (AvgIpc) is 2.52. The van der Waals surface area contributed by atoms with Gasteiger partial charge < -0.3 is 24.6 Å². The highest BCUT2D eigenvalue weighted by molar-refractivity contribution is 5.97. The van der Waals surface area contributed by atoms with Gasteiger partial charge in [-0.15, -0.1) is 0 Å². The first-order chi connectivity index (χ1) is 10.1. The van der Waals surface area contributed by atoms with Crippen molar-refractivity contribution in [2.24, 2.45) is 0 Å². The molecule has 0 saturated carbocycles. The van der Waals surface area contributed by atoms with Gasteiger partial charge in [-0.2, -0.15) is 0 Å². The fourth-order valence-electron chi connectivity index (χ4n) is 2.25. The second-order valence-electron chi connectivity index (χ2n) is 5.09. The van der Waals surface area contributed by atoms with Crippen LogP contribution in [0.5, 0.6) is 11.5 Å². The van der Waals surface area contributed by atoms with Crippen LogP contribution >= 0.6 is 0 Å². The fraction of sp³-hybridized carbons (Fsp3) is 0.533. The molecule has 0 bridgehead atoms. The molecule has 1 heterocycles. The van der Waals surface area contributed by atoms with E-state index in [1.807, 2.05) is 0 Å². The number of benzene rings is 1. The Labute approximate surface area is 124 Å². The summed E-state index contributed by atoms with van der Waals surface area (Å²) in [5.74, 6) is 0.770. The lowest BCUT2D eigenvalue weighted by Gasteiger charge is -2.32. The summed E-state index contributed by atoms with van der Waals surface area (Å²) < 4.78 is 15.5. The Bertz CT molecular complexity index is 497. The Morgan fingerprint density at radius 3 is 2.67 bits per heavy atom. The van der Waals surface area contributed by atoms with Crippen molar-refractivity contribution in [3.05, 3.63) is 23.8 Å². The van der Waals surface area contributed by atoms with Gasteiger partial charge in [0.1, 0.15) is 11.5 Å². The van der Waals surface area contributed by atoms with E-state index in [-0.39, 0.29) is 12.5 Å². The van der Waals surface area contributed by atoms with Gasteiger partial charge in [-0.25, -0.2) is 0 Å². The van der Waals surface area contributed by atoms with Crippen LogP contribution in [0, 0.1) is 0 Å². The molecule has 1 aromatic carbocycles. The first-order valence-corrected chi connectivity index (χ1v) is 6.88. The summed E-state index contributed by atoms with van der Waals surface area (Å²) in [7, 11) is 3.05. The van der Waals surface area contributed by atoms with Crippen molar-refractivity contribution in [2.45, 2.75) is 18.4 Å². The van der Waals surface area contributed by atoms with Crippen LogP contribution in [0.25, 0.3) is 0 Å². The topological polar surface area (TPSA) is 77.0 Å². The van der Waals surface area contributed by atoms with Crippen LogP contribution < -0.4 is 14.8 Å². The normalized spacial score (nSPS) is 17.1. The SMILES string of the molecule is COc1ccc(C(=O)NCC2(O)CCOCC2)c(OC)c1. The lowest BCUT2D eigenvalue weighted by Crippen LogP contribution is -2.46. The van der Waals surface area contributed by atoms with Gasteiger partial charge in [0.05, 0.1) is 25.4 Å². The average molecular weight is 295 g/mol. The third kappa shape index (κ3) is 3.86. The van der Waals surface area contributed by atoms with Gasteiger partial charge in [0.25, 0.3) is 5.91 Å². The third-order valence-electron chi connectivity index (χ3n) is 3.65. The van der Waals surface area contributed by atoms with Crippen molar-refractivity contribution in [2.75, 3.05) is 34.0 Å². The van der Waals surface area contributed by atoms with Gasteiger partial charge in [0, 0.05) is 38.7 Å². The molecule has 0 aromatic heterocycles. The van der Waals surface area contributed by atoms with Gasteiger partial charge in [0.15, 0.2) is 0 Å². The van der Waals surface area contributed by atoms with E-state index >= 15 is 0 Å². The summed E-state index contributed by atoms with van der Waals surface area (Å²) in [5, 5.41) is 13.1. The number of nitrogens with one attached hydrogen (secondary N) is 1. The van der Waals surface area contributed by atoms with Gasteiger partial charge in [0.2, 0.25) is 0 Å². The predicted octanol–water partition coefficient (Wildman–Crippen LogP) is 0.975. The van der Waals surface area contributed by atoms with Crippen LogP contribution in [-0.4, -0.2) is 50.6 Å². The van der Waals surface area contributed by atoms with Gasteiger partial charge in [-0.05, 0) is 12.1 Å². The molecular weight excluding hydrogens is 274 g/mol. The number of ether oxygens (including phenoxy) is 3. The molecule has 1 saturated heterocycles. The Morgan fingerprint density at radius 1 is 1.33 bits per heavy atom. The second-order valence-corrected chi connectivity index (χ2v) is 5.09. The van der Waals surface area contributed by atoms with Crippen LogP contribution in [0.1, 0.15) is 23.2 Å². The summed E-state index contributed by atoms with van der Waals surface area (Å²) in [6, 6.07) is 4.99. The molecule has 116 valence electrons. The minimum Gasteiger partial charge on any atom is -0.497 e. The minimum absolute atomic E-state index is 0.199. The van der Waals surface area contributed by atoms with Crippen molar-refractivity contribution >= 4 is 5.91 Å². The molecule has 1 aromatic rings. The maximum absolute atomic E-state index is 12.2. The standard InChI is InChI=1S/C15H21NO5/c1-19-11-3-4-12(13(9-11)20-2)14(17)16-10-15(18)5-7-21-8-6-15/h3-4,9,18H,5-8,10H2,1-2H3,(H,16,17). The number of carbonyl (C=O) groups excluding carboxylic acids is 1. The molecule has 0 unspecified atom stereocenters. The van der Waals surface area contributed by atoms with E-state index in [0.29, 0.717) is 43.1 Å². The molecular formula is C15H21NO5. The molecule has 0 radical (unpaired) electrons. The Hall–Kier alpha value is -1.79. The minimum atomic E-state index is -0.895. The molecule has 2 N–H and O–H groups in total. The van der Waals surface area contributed by atoms with E-state index in [4.69, 9.17) is 14.2 Å². The molecule has 21 heavy (non-hydrogen) atoms. The molecule has 1 aliphatic rings. The number of hydrogen-bond acceptors (Lipinski definition) is 5. The van der Waals surface area contributed by atoms with Gasteiger partial charge >= 0.3 is 0 Å². The van der Waals surface area contributed by atoms with Gasteiger partial charge in [-0.1, -0.05) is 0 Å². The number of amides is 1. The molecule has 1 aliphatic heterocycles. The van der Waals surface area contributed by atoms with Crippen molar-refractivity contribution in [1.82, 2.24) is 5.32 Å². The summed E-state index contributed by atoms with van der Waals surface area (Å²) in [6.07, 6.45) is 1.04. The summed E-state index contributed by atoms with van der Waals surface area (Å²) in [5.41, 5.74) is -0.484. The van der Waals surface area contributed by atoms with Crippen LogP contribution in [0.15, 0.2) is 18.2 Å². The van der Waals surface area contributed by atoms with Crippen LogP contribution in [0.3, 0.4) is 0 Å². The fourth-order valence-corrected chi connectivity index (χ4v) is 2.25. The third-order valence-corrected chi connectivity index (χ3v) is 3.65. The molecule has 6 heteroatoms.